The van der Waals surface area contributed by atoms with E-state index in [1.54, 1.807) is 12.4 Å². The summed E-state index contributed by atoms with van der Waals surface area (Å²) in [7, 11) is 0. The molecule has 0 N–H and O–H groups in total. The van der Waals surface area contributed by atoms with Crippen molar-refractivity contribution in [1.82, 2.24) is 14.5 Å². The second kappa shape index (κ2) is 5.00. The smallest absolute Gasteiger partial charge is 0.147 e. The Labute approximate surface area is 130 Å². The van der Waals surface area contributed by atoms with Gasteiger partial charge in [0.05, 0.1) is 17.8 Å². The average molecular weight is 342 g/mol. The molecule has 3 aromatic rings. The molecule has 5 heteroatoms. The lowest BCUT2D eigenvalue weighted by molar-refractivity contribution is 0.307. The van der Waals surface area contributed by atoms with Gasteiger partial charge in [0.15, 0.2) is 0 Å². The normalized spacial score (nSPS) is 13.0. The number of fused-ring (bicyclic) bond motifs is 3. The molecule has 0 fully saturated rings. The number of benzene rings is 1. The summed E-state index contributed by atoms with van der Waals surface area (Å²) in [6.45, 7) is 1.37. The summed E-state index contributed by atoms with van der Waals surface area (Å²) >= 11 is 3.60. The van der Waals surface area contributed by atoms with E-state index in [4.69, 9.17) is 4.74 Å². The van der Waals surface area contributed by atoms with Crippen molar-refractivity contribution in [3.8, 4) is 28.4 Å². The summed E-state index contributed by atoms with van der Waals surface area (Å²) in [6, 6.07) is 12.1. The van der Waals surface area contributed by atoms with Gasteiger partial charge in [-0.15, -0.1) is 0 Å². The molecule has 0 atom stereocenters. The average Bonchev–Trinajstić information content (AvgIpc) is 2.74. The standard InChI is InChI=1S/C16H12BrN3O/c17-15-14(11-4-2-1-3-5-11)20-8-9-21-13-6-7-18-10-12(13)16(20)19-15/h1-7,10H,8-9H2. The Bertz CT molecular complexity index is 799. The molecule has 2 aromatic heterocycles. The first-order valence-electron chi connectivity index (χ1n) is 6.73. The summed E-state index contributed by atoms with van der Waals surface area (Å²) in [4.78, 5) is 8.89. The number of imidazole rings is 1. The van der Waals surface area contributed by atoms with Crippen molar-refractivity contribution in [2.45, 2.75) is 6.54 Å². The van der Waals surface area contributed by atoms with Crippen LogP contribution in [0.15, 0.2) is 53.4 Å². The van der Waals surface area contributed by atoms with Crippen molar-refractivity contribution in [2.24, 2.45) is 0 Å². The number of pyridine rings is 1. The first kappa shape index (κ1) is 12.6. The minimum Gasteiger partial charge on any atom is -0.491 e. The van der Waals surface area contributed by atoms with E-state index >= 15 is 0 Å². The zero-order valence-electron chi connectivity index (χ0n) is 11.2. The maximum atomic E-state index is 5.80. The molecule has 4 nitrogen and oxygen atoms in total. The minimum absolute atomic E-state index is 0.618. The number of hydrogen-bond acceptors (Lipinski definition) is 3. The maximum absolute atomic E-state index is 5.80. The molecule has 1 aliphatic rings. The van der Waals surface area contributed by atoms with E-state index in [0.717, 1.165) is 39.5 Å². The Morgan fingerprint density at radius 3 is 2.86 bits per heavy atom. The highest BCUT2D eigenvalue weighted by Gasteiger charge is 2.23. The molecule has 0 saturated heterocycles. The highest BCUT2D eigenvalue weighted by atomic mass is 79.9. The minimum atomic E-state index is 0.618. The van der Waals surface area contributed by atoms with Gasteiger partial charge in [-0.1, -0.05) is 30.3 Å². The monoisotopic (exact) mass is 341 g/mol. The van der Waals surface area contributed by atoms with Crippen LogP contribution in [-0.2, 0) is 6.54 Å². The van der Waals surface area contributed by atoms with Crippen LogP contribution < -0.4 is 4.74 Å². The third-order valence-electron chi connectivity index (χ3n) is 3.57. The molecule has 0 saturated carbocycles. The Morgan fingerprint density at radius 2 is 2.00 bits per heavy atom. The largest absolute Gasteiger partial charge is 0.491 e. The van der Waals surface area contributed by atoms with Crippen LogP contribution in [0.25, 0.3) is 22.6 Å². The topological polar surface area (TPSA) is 39.9 Å². The van der Waals surface area contributed by atoms with E-state index < -0.39 is 0 Å². The zero-order chi connectivity index (χ0) is 14.2. The fraction of sp³-hybridized carbons (Fsp3) is 0.125. The molecule has 1 aliphatic heterocycles. The molecular formula is C16H12BrN3O. The predicted molar refractivity (Wildman–Crippen MR) is 84.1 cm³/mol. The first-order chi connectivity index (χ1) is 10.3. The SMILES string of the molecule is Brc1nc2n(c1-c1ccccc1)CCOc1ccncc1-2. The van der Waals surface area contributed by atoms with E-state index in [1.807, 2.05) is 24.3 Å². The molecule has 3 heterocycles. The Hall–Kier alpha value is -2.14. The Morgan fingerprint density at radius 1 is 1.14 bits per heavy atom. The maximum Gasteiger partial charge on any atom is 0.147 e. The van der Waals surface area contributed by atoms with Gasteiger partial charge in [-0.25, -0.2) is 4.98 Å². The molecule has 104 valence electrons. The molecule has 0 bridgehead atoms. The van der Waals surface area contributed by atoms with Gasteiger partial charge in [-0.3, -0.25) is 4.98 Å². The van der Waals surface area contributed by atoms with Crippen molar-refractivity contribution in [3.63, 3.8) is 0 Å². The zero-order valence-corrected chi connectivity index (χ0v) is 12.7. The van der Waals surface area contributed by atoms with Crippen LogP contribution in [0, 0.1) is 0 Å². The van der Waals surface area contributed by atoms with Gasteiger partial charge < -0.3 is 9.30 Å². The van der Waals surface area contributed by atoms with Gasteiger partial charge in [0, 0.05) is 18.0 Å². The first-order valence-corrected chi connectivity index (χ1v) is 7.52. The molecule has 4 rings (SSSR count). The number of ether oxygens (including phenoxy) is 1. The van der Waals surface area contributed by atoms with Gasteiger partial charge in [0.25, 0.3) is 0 Å². The molecular weight excluding hydrogens is 330 g/mol. The van der Waals surface area contributed by atoms with Crippen molar-refractivity contribution in [1.29, 1.82) is 0 Å². The van der Waals surface area contributed by atoms with Crippen LogP contribution in [0.1, 0.15) is 0 Å². The van der Waals surface area contributed by atoms with Gasteiger partial charge in [-0.05, 0) is 22.0 Å². The molecule has 0 spiro atoms. The molecule has 0 radical (unpaired) electrons. The van der Waals surface area contributed by atoms with Crippen LogP contribution >= 0.6 is 15.9 Å². The summed E-state index contributed by atoms with van der Waals surface area (Å²) in [5.74, 6) is 1.72. The van der Waals surface area contributed by atoms with Gasteiger partial charge in [0.1, 0.15) is 22.8 Å². The van der Waals surface area contributed by atoms with Gasteiger partial charge in [-0.2, -0.15) is 0 Å². The lowest BCUT2D eigenvalue weighted by atomic mass is 10.1. The molecule has 0 unspecified atom stereocenters. The van der Waals surface area contributed by atoms with Gasteiger partial charge >= 0.3 is 0 Å². The molecule has 0 aliphatic carbocycles. The number of rotatable bonds is 1. The number of nitrogens with zero attached hydrogens (tertiary/aromatic N) is 3. The Balaban J connectivity index is 1.97. The predicted octanol–water partition coefficient (Wildman–Crippen LogP) is 3.77. The Kier molecular flexibility index (Phi) is 3.00. The number of halogens is 1. The fourth-order valence-corrected chi connectivity index (χ4v) is 3.25. The third kappa shape index (κ3) is 2.05. The van der Waals surface area contributed by atoms with Crippen LogP contribution in [-0.4, -0.2) is 21.1 Å². The third-order valence-corrected chi connectivity index (χ3v) is 4.12. The lowest BCUT2D eigenvalue weighted by Crippen LogP contribution is -2.07. The quantitative estimate of drug-likeness (QED) is 0.676. The van der Waals surface area contributed by atoms with Crippen molar-refractivity contribution >= 4 is 15.9 Å². The van der Waals surface area contributed by atoms with E-state index in [2.05, 4.69) is 42.6 Å². The van der Waals surface area contributed by atoms with E-state index in [1.165, 1.54) is 0 Å². The lowest BCUT2D eigenvalue weighted by Gasteiger charge is -2.08. The molecule has 0 amide bonds. The van der Waals surface area contributed by atoms with E-state index in [-0.39, 0.29) is 0 Å². The summed E-state index contributed by atoms with van der Waals surface area (Å²) in [5.41, 5.74) is 3.14. The van der Waals surface area contributed by atoms with Crippen molar-refractivity contribution in [2.75, 3.05) is 6.61 Å². The summed E-state index contributed by atoms with van der Waals surface area (Å²) in [5, 5.41) is 0. The second-order valence-electron chi connectivity index (χ2n) is 4.81. The number of hydrogen-bond donors (Lipinski definition) is 0. The summed E-state index contributed by atoms with van der Waals surface area (Å²) < 4.78 is 8.84. The van der Waals surface area contributed by atoms with Crippen LogP contribution in [0.3, 0.4) is 0 Å². The van der Waals surface area contributed by atoms with Crippen LogP contribution in [0.2, 0.25) is 0 Å². The van der Waals surface area contributed by atoms with Crippen LogP contribution in [0.5, 0.6) is 5.75 Å². The van der Waals surface area contributed by atoms with Crippen LogP contribution in [0.4, 0.5) is 0 Å². The molecule has 1 aromatic carbocycles. The highest BCUT2D eigenvalue weighted by molar-refractivity contribution is 9.10. The summed E-state index contributed by atoms with van der Waals surface area (Å²) in [6.07, 6.45) is 3.55. The highest BCUT2D eigenvalue weighted by Crippen LogP contribution is 2.37. The molecule has 21 heavy (non-hydrogen) atoms. The number of aromatic nitrogens is 3. The van der Waals surface area contributed by atoms with E-state index in [9.17, 15) is 0 Å². The second-order valence-corrected chi connectivity index (χ2v) is 5.56. The fourth-order valence-electron chi connectivity index (χ4n) is 2.64. The van der Waals surface area contributed by atoms with Crippen molar-refractivity contribution in [3.05, 3.63) is 53.4 Å². The van der Waals surface area contributed by atoms with Crippen molar-refractivity contribution < 1.29 is 4.74 Å². The van der Waals surface area contributed by atoms with E-state index in [0.29, 0.717) is 6.61 Å². The van der Waals surface area contributed by atoms with Gasteiger partial charge in [0.2, 0.25) is 0 Å².